The van der Waals surface area contributed by atoms with Crippen molar-refractivity contribution >= 4 is 5.97 Å². The molecule has 0 bridgehead atoms. The Morgan fingerprint density at radius 2 is 2.11 bits per heavy atom. The molecule has 6 heteroatoms. The highest BCUT2D eigenvalue weighted by molar-refractivity contribution is 5.88. The molecular weight excluding hydrogens is 244 g/mol. The number of nitrogens with two attached hydrogens (primary N) is 1. The molecule has 1 saturated carbocycles. The van der Waals surface area contributed by atoms with Crippen LogP contribution >= 0.6 is 0 Å². The summed E-state index contributed by atoms with van der Waals surface area (Å²) in [6.45, 7) is 2.75. The number of nitrogens with zero attached hydrogens (tertiary/aromatic N) is 3. The van der Waals surface area contributed by atoms with E-state index >= 15 is 0 Å². The molecule has 0 radical (unpaired) electrons. The lowest BCUT2D eigenvalue weighted by Crippen LogP contribution is -2.21. The van der Waals surface area contributed by atoms with Crippen LogP contribution in [0.3, 0.4) is 0 Å². The Bertz CT molecular complexity index is 436. The second kappa shape index (κ2) is 6.14. The van der Waals surface area contributed by atoms with Crippen molar-refractivity contribution in [3.05, 3.63) is 11.4 Å². The second-order valence-electron chi connectivity index (χ2n) is 5.27. The first-order valence-electron chi connectivity index (χ1n) is 6.89. The summed E-state index contributed by atoms with van der Waals surface area (Å²) in [5, 5.41) is 8.15. The topological polar surface area (TPSA) is 83.0 Å². The number of carbonyl (C=O) groups is 1. The van der Waals surface area contributed by atoms with Crippen molar-refractivity contribution in [2.75, 3.05) is 13.7 Å². The molecule has 1 heterocycles. The zero-order valence-electron chi connectivity index (χ0n) is 11.6. The molecule has 1 aliphatic rings. The summed E-state index contributed by atoms with van der Waals surface area (Å²) in [7, 11) is 1.36. The first-order chi connectivity index (χ1) is 9.17. The molecule has 0 atom stereocenters. The van der Waals surface area contributed by atoms with E-state index in [2.05, 4.69) is 17.2 Å². The van der Waals surface area contributed by atoms with Crippen molar-refractivity contribution in [1.29, 1.82) is 0 Å². The highest BCUT2D eigenvalue weighted by Crippen LogP contribution is 2.32. The molecule has 0 aliphatic heterocycles. The molecule has 19 heavy (non-hydrogen) atoms. The van der Waals surface area contributed by atoms with E-state index < -0.39 is 5.97 Å². The number of methoxy groups -OCH3 is 1. The SMILES string of the molecule is COC(=O)c1nnn(C2CCC(C)CC2)c1CCN. The van der Waals surface area contributed by atoms with Crippen LogP contribution in [0.5, 0.6) is 0 Å². The van der Waals surface area contributed by atoms with E-state index in [1.165, 1.54) is 20.0 Å². The van der Waals surface area contributed by atoms with Gasteiger partial charge in [-0.3, -0.25) is 0 Å². The molecule has 1 aromatic heterocycles. The number of carbonyl (C=O) groups excluding carboxylic acids is 1. The Labute approximate surface area is 113 Å². The second-order valence-corrected chi connectivity index (χ2v) is 5.27. The lowest BCUT2D eigenvalue weighted by Gasteiger charge is -2.27. The number of aromatic nitrogens is 3. The molecule has 106 valence electrons. The summed E-state index contributed by atoms with van der Waals surface area (Å²) >= 11 is 0. The van der Waals surface area contributed by atoms with Crippen LogP contribution in [-0.2, 0) is 11.2 Å². The Morgan fingerprint density at radius 3 is 2.68 bits per heavy atom. The van der Waals surface area contributed by atoms with Gasteiger partial charge in [0.2, 0.25) is 0 Å². The summed E-state index contributed by atoms with van der Waals surface area (Å²) in [4.78, 5) is 11.7. The van der Waals surface area contributed by atoms with Crippen molar-refractivity contribution < 1.29 is 9.53 Å². The molecule has 1 aliphatic carbocycles. The summed E-state index contributed by atoms with van der Waals surface area (Å²) in [6, 6.07) is 0.337. The lowest BCUT2D eigenvalue weighted by molar-refractivity contribution is 0.0592. The van der Waals surface area contributed by atoms with Gasteiger partial charge in [-0.1, -0.05) is 12.1 Å². The van der Waals surface area contributed by atoms with E-state index in [4.69, 9.17) is 10.5 Å². The summed E-state index contributed by atoms with van der Waals surface area (Å²) in [5.74, 6) is 0.344. The average Bonchev–Trinajstić information content (AvgIpc) is 2.83. The van der Waals surface area contributed by atoms with E-state index in [-0.39, 0.29) is 0 Å². The van der Waals surface area contributed by atoms with Crippen LogP contribution in [0.4, 0.5) is 0 Å². The highest BCUT2D eigenvalue weighted by atomic mass is 16.5. The first-order valence-corrected chi connectivity index (χ1v) is 6.89. The third-order valence-corrected chi connectivity index (χ3v) is 3.88. The van der Waals surface area contributed by atoms with Crippen molar-refractivity contribution in [3.63, 3.8) is 0 Å². The normalized spacial score (nSPS) is 23.3. The average molecular weight is 266 g/mol. The zero-order chi connectivity index (χ0) is 13.8. The quantitative estimate of drug-likeness (QED) is 0.831. The highest BCUT2D eigenvalue weighted by Gasteiger charge is 2.26. The number of rotatable bonds is 4. The van der Waals surface area contributed by atoms with Gasteiger partial charge in [0.1, 0.15) is 0 Å². The summed E-state index contributed by atoms with van der Waals surface area (Å²) < 4.78 is 6.64. The molecule has 0 saturated heterocycles. The van der Waals surface area contributed by atoms with Crippen LogP contribution in [0.2, 0.25) is 0 Å². The maximum absolute atomic E-state index is 11.7. The number of hydrogen-bond acceptors (Lipinski definition) is 5. The van der Waals surface area contributed by atoms with Crippen LogP contribution in [0, 0.1) is 5.92 Å². The largest absolute Gasteiger partial charge is 0.464 e. The van der Waals surface area contributed by atoms with Gasteiger partial charge in [0, 0.05) is 6.42 Å². The van der Waals surface area contributed by atoms with Crippen LogP contribution < -0.4 is 5.73 Å². The van der Waals surface area contributed by atoms with E-state index in [0.717, 1.165) is 24.5 Å². The zero-order valence-corrected chi connectivity index (χ0v) is 11.6. The Balaban J connectivity index is 2.24. The van der Waals surface area contributed by atoms with E-state index in [1.54, 1.807) is 0 Å². The smallest absolute Gasteiger partial charge is 0.360 e. The predicted molar refractivity (Wildman–Crippen MR) is 70.8 cm³/mol. The minimum atomic E-state index is -0.432. The van der Waals surface area contributed by atoms with Gasteiger partial charge >= 0.3 is 5.97 Å². The molecular formula is C13H22N4O2. The summed E-state index contributed by atoms with van der Waals surface area (Å²) in [5.41, 5.74) is 6.76. The third kappa shape index (κ3) is 2.94. The van der Waals surface area contributed by atoms with Gasteiger partial charge in [0.25, 0.3) is 0 Å². The van der Waals surface area contributed by atoms with Crippen LogP contribution in [0.1, 0.15) is 54.8 Å². The van der Waals surface area contributed by atoms with Gasteiger partial charge < -0.3 is 10.5 Å². The maximum atomic E-state index is 11.7. The molecule has 6 nitrogen and oxygen atoms in total. The van der Waals surface area contributed by atoms with Crippen molar-refractivity contribution in [2.24, 2.45) is 11.7 Å². The minimum Gasteiger partial charge on any atom is -0.464 e. The van der Waals surface area contributed by atoms with E-state index in [9.17, 15) is 4.79 Å². The Hall–Kier alpha value is -1.43. The third-order valence-electron chi connectivity index (χ3n) is 3.88. The van der Waals surface area contributed by atoms with Crippen LogP contribution in [-0.4, -0.2) is 34.6 Å². The fourth-order valence-electron chi connectivity index (χ4n) is 2.72. The fourth-order valence-corrected chi connectivity index (χ4v) is 2.72. The van der Waals surface area contributed by atoms with Crippen LogP contribution in [0.15, 0.2) is 0 Å². The summed E-state index contributed by atoms with van der Waals surface area (Å²) in [6.07, 6.45) is 5.16. The lowest BCUT2D eigenvalue weighted by atomic mass is 9.87. The van der Waals surface area contributed by atoms with Gasteiger partial charge in [-0.05, 0) is 38.1 Å². The van der Waals surface area contributed by atoms with Crippen molar-refractivity contribution in [1.82, 2.24) is 15.0 Å². The molecule has 0 amide bonds. The van der Waals surface area contributed by atoms with Gasteiger partial charge in [0.05, 0.1) is 18.8 Å². The Morgan fingerprint density at radius 1 is 1.42 bits per heavy atom. The maximum Gasteiger partial charge on any atom is 0.360 e. The van der Waals surface area contributed by atoms with E-state index in [1.807, 2.05) is 4.68 Å². The molecule has 0 unspecified atom stereocenters. The van der Waals surface area contributed by atoms with Crippen molar-refractivity contribution in [2.45, 2.75) is 45.1 Å². The van der Waals surface area contributed by atoms with Gasteiger partial charge in [-0.2, -0.15) is 0 Å². The predicted octanol–water partition coefficient (Wildman–Crippen LogP) is 1.32. The molecule has 1 aromatic rings. The number of hydrogen-bond donors (Lipinski definition) is 1. The first kappa shape index (κ1) is 14.0. The number of ether oxygens (including phenoxy) is 1. The minimum absolute atomic E-state index is 0.312. The molecule has 2 rings (SSSR count). The van der Waals surface area contributed by atoms with Crippen LogP contribution in [0.25, 0.3) is 0 Å². The van der Waals surface area contributed by atoms with Gasteiger partial charge in [-0.25, -0.2) is 9.48 Å². The molecule has 1 fully saturated rings. The molecule has 0 spiro atoms. The molecule has 2 N–H and O–H groups in total. The van der Waals surface area contributed by atoms with Crippen molar-refractivity contribution in [3.8, 4) is 0 Å². The number of esters is 1. The standard InChI is InChI=1S/C13H22N4O2/c1-9-3-5-10(6-4-9)17-11(7-8-14)12(15-16-17)13(18)19-2/h9-10H,3-8,14H2,1-2H3. The van der Waals surface area contributed by atoms with Gasteiger partial charge in [-0.15, -0.1) is 5.10 Å². The Kier molecular flexibility index (Phi) is 4.52. The fraction of sp³-hybridized carbons (Fsp3) is 0.769. The molecule has 0 aromatic carbocycles. The van der Waals surface area contributed by atoms with Gasteiger partial charge in [0.15, 0.2) is 5.69 Å². The van der Waals surface area contributed by atoms with E-state index in [0.29, 0.717) is 24.7 Å². The monoisotopic (exact) mass is 266 g/mol.